The molecule has 20 heavy (non-hydrogen) atoms. The average molecular weight is 305 g/mol. The van der Waals surface area contributed by atoms with Crippen LogP contribution in [0.5, 0.6) is 5.75 Å². The molecule has 0 unspecified atom stereocenters. The highest BCUT2D eigenvalue weighted by Crippen LogP contribution is 2.24. The fourth-order valence-electron chi connectivity index (χ4n) is 2.21. The molecule has 3 aromatic rings. The molecule has 0 aliphatic rings. The van der Waals surface area contributed by atoms with Gasteiger partial charge >= 0.3 is 0 Å². The van der Waals surface area contributed by atoms with E-state index < -0.39 is 0 Å². The van der Waals surface area contributed by atoms with Crippen LogP contribution in [0.15, 0.2) is 54.9 Å². The Kier molecular flexibility index (Phi) is 3.51. The summed E-state index contributed by atoms with van der Waals surface area (Å²) >= 11 is 12.1. The Morgan fingerprint density at radius 1 is 1.00 bits per heavy atom. The summed E-state index contributed by atoms with van der Waals surface area (Å²) in [5.74, 6) is 0.838. The van der Waals surface area contributed by atoms with Crippen molar-refractivity contribution >= 4 is 34.0 Å². The number of aromatic nitrogens is 1. The van der Waals surface area contributed by atoms with Crippen molar-refractivity contribution in [3.05, 3.63) is 64.9 Å². The predicted octanol–water partition coefficient (Wildman–Crippen LogP) is 4.43. The summed E-state index contributed by atoms with van der Waals surface area (Å²) in [4.78, 5) is 0. The molecule has 0 bridgehead atoms. The second kappa shape index (κ2) is 5.31. The van der Waals surface area contributed by atoms with Gasteiger partial charge in [0, 0.05) is 28.2 Å². The van der Waals surface area contributed by atoms with Crippen LogP contribution in [-0.4, -0.2) is 7.11 Å². The summed E-state index contributed by atoms with van der Waals surface area (Å²) in [7, 11) is 1.67. The molecule has 0 saturated carbocycles. The first kappa shape index (κ1) is 13.2. The average Bonchev–Trinajstić information content (AvgIpc) is 2.45. The van der Waals surface area contributed by atoms with Gasteiger partial charge in [0.05, 0.1) is 12.5 Å². The third-order valence-corrected chi connectivity index (χ3v) is 3.58. The minimum Gasteiger partial charge on any atom is -0.496 e. The molecule has 100 valence electrons. The van der Waals surface area contributed by atoms with Gasteiger partial charge in [-0.1, -0.05) is 35.3 Å². The number of pyridine rings is 1. The Morgan fingerprint density at radius 2 is 1.75 bits per heavy atom. The third-order valence-electron chi connectivity index (χ3n) is 3.15. The van der Waals surface area contributed by atoms with Crippen LogP contribution >= 0.6 is 23.2 Å². The van der Waals surface area contributed by atoms with E-state index in [-0.39, 0.29) is 0 Å². The zero-order valence-electron chi connectivity index (χ0n) is 10.8. The van der Waals surface area contributed by atoms with Gasteiger partial charge in [0.1, 0.15) is 5.75 Å². The maximum Gasteiger partial charge on any atom is 0.213 e. The number of hydrogen-bond donors (Lipinski definition) is 0. The molecule has 0 aliphatic carbocycles. The molecule has 0 amide bonds. The summed E-state index contributed by atoms with van der Waals surface area (Å²) < 4.78 is 7.38. The number of fused-ring (bicyclic) bond motifs is 1. The Hall–Kier alpha value is -1.77. The third kappa shape index (κ3) is 2.45. The lowest BCUT2D eigenvalue weighted by Gasteiger charge is -2.04. The maximum atomic E-state index is 6.05. The van der Waals surface area contributed by atoms with Crippen LogP contribution < -0.4 is 9.30 Å². The summed E-state index contributed by atoms with van der Waals surface area (Å²) in [6, 6.07) is 13.5. The van der Waals surface area contributed by atoms with Crippen LogP contribution in [0, 0.1) is 0 Å². The van der Waals surface area contributed by atoms with E-state index in [0.29, 0.717) is 10.0 Å². The van der Waals surface area contributed by atoms with E-state index in [1.807, 2.05) is 53.4 Å². The Labute approximate surface area is 127 Å². The molecule has 0 radical (unpaired) electrons. The van der Waals surface area contributed by atoms with E-state index in [1.165, 1.54) is 0 Å². The van der Waals surface area contributed by atoms with Gasteiger partial charge < -0.3 is 4.74 Å². The zero-order chi connectivity index (χ0) is 14.1. The molecule has 0 aliphatic heterocycles. The van der Waals surface area contributed by atoms with Crippen LogP contribution in [-0.2, 0) is 0 Å². The molecule has 1 aromatic heterocycles. The fourth-order valence-corrected chi connectivity index (χ4v) is 2.73. The first-order chi connectivity index (χ1) is 9.67. The van der Waals surface area contributed by atoms with Crippen LogP contribution in [0.25, 0.3) is 16.5 Å². The lowest BCUT2D eigenvalue weighted by atomic mass is 10.1. The molecule has 2 nitrogen and oxygen atoms in total. The van der Waals surface area contributed by atoms with Crippen molar-refractivity contribution < 1.29 is 9.30 Å². The molecule has 4 heteroatoms. The van der Waals surface area contributed by atoms with Crippen LogP contribution in [0.4, 0.5) is 0 Å². The van der Waals surface area contributed by atoms with Crippen molar-refractivity contribution in [1.82, 2.24) is 0 Å². The molecule has 0 atom stereocenters. The number of benzene rings is 2. The molecule has 1 heterocycles. The van der Waals surface area contributed by atoms with Gasteiger partial charge in [-0.15, -0.1) is 0 Å². The Morgan fingerprint density at radius 3 is 2.45 bits per heavy atom. The number of nitrogens with zero attached hydrogens (tertiary/aromatic N) is 1. The van der Waals surface area contributed by atoms with E-state index in [4.69, 9.17) is 27.9 Å². The van der Waals surface area contributed by atoms with E-state index in [2.05, 4.69) is 0 Å². The highest BCUT2D eigenvalue weighted by molar-refractivity contribution is 6.34. The van der Waals surface area contributed by atoms with Crippen LogP contribution in [0.2, 0.25) is 10.0 Å². The number of halogens is 2. The molecular formula is C16H12Cl2NO+. The van der Waals surface area contributed by atoms with Gasteiger partial charge in [-0.05, 0) is 17.5 Å². The van der Waals surface area contributed by atoms with Crippen LogP contribution in [0.1, 0.15) is 0 Å². The molecule has 0 N–H and O–H groups in total. The molecule has 0 saturated heterocycles. The van der Waals surface area contributed by atoms with Crippen molar-refractivity contribution in [2.45, 2.75) is 0 Å². The van der Waals surface area contributed by atoms with Crippen molar-refractivity contribution in [3.63, 3.8) is 0 Å². The quantitative estimate of drug-likeness (QED) is 0.638. The Balaban J connectivity index is 2.21. The normalized spacial score (nSPS) is 10.8. The summed E-state index contributed by atoms with van der Waals surface area (Å²) in [6.07, 6.45) is 3.99. The lowest BCUT2D eigenvalue weighted by molar-refractivity contribution is -0.594. The largest absolute Gasteiger partial charge is 0.496 e. The minimum absolute atomic E-state index is 0.611. The van der Waals surface area contributed by atoms with E-state index in [9.17, 15) is 0 Å². The first-order valence-electron chi connectivity index (χ1n) is 6.12. The first-order valence-corrected chi connectivity index (χ1v) is 6.87. The molecular weight excluding hydrogens is 293 g/mol. The monoisotopic (exact) mass is 304 g/mol. The van der Waals surface area contributed by atoms with E-state index >= 15 is 0 Å². The number of ether oxygens (including phenoxy) is 1. The highest BCUT2D eigenvalue weighted by atomic mass is 35.5. The van der Waals surface area contributed by atoms with Gasteiger partial charge in [0.15, 0.2) is 12.4 Å². The van der Waals surface area contributed by atoms with Crippen LogP contribution in [0.3, 0.4) is 0 Å². The minimum atomic E-state index is 0.611. The molecule has 0 fully saturated rings. The van der Waals surface area contributed by atoms with E-state index in [0.717, 1.165) is 22.2 Å². The smallest absolute Gasteiger partial charge is 0.213 e. The van der Waals surface area contributed by atoms with Gasteiger partial charge in [-0.2, -0.15) is 4.57 Å². The summed E-state index contributed by atoms with van der Waals surface area (Å²) in [5.41, 5.74) is 0.912. The topological polar surface area (TPSA) is 13.1 Å². The zero-order valence-corrected chi connectivity index (χ0v) is 12.3. The number of rotatable bonds is 2. The molecule has 0 spiro atoms. The summed E-state index contributed by atoms with van der Waals surface area (Å²) in [5, 5.41) is 3.38. The van der Waals surface area contributed by atoms with E-state index in [1.54, 1.807) is 13.2 Å². The van der Waals surface area contributed by atoms with Crippen molar-refractivity contribution in [2.24, 2.45) is 0 Å². The number of hydrogen-bond acceptors (Lipinski definition) is 1. The fraction of sp³-hybridized carbons (Fsp3) is 0.0625. The van der Waals surface area contributed by atoms with Gasteiger partial charge in [0.2, 0.25) is 5.69 Å². The van der Waals surface area contributed by atoms with Gasteiger partial charge in [-0.3, -0.25) is 0 Å². The van der Waals surface area contributed by atoms with Crippen molar-refractivity contribution in [3.8, 4) is 11.4 Å². The Bertz CT molecular complexity index is 766. The summed E-state index contributed by atoms with van der Waals surface area (Å²) in [6.45, 7) is 0. The standard InChI is InChI=1S/C16H12Cl2NO/c1-20-16-4-2-3-11-5-6-19(10-15(11)16)14-8-12(17)7-13(18)9-14/h2-10H,1H3/q+1. The maximum absolute atomic E-state index is 6.05. The van der Waals surface area contributed by atoms with Crippen molar-refractivity contribution in [1.29, 1.82) is 0 Å². The predicted molar refractivity (Wildman–Crippen MR) is 82.1 cm³/mol. The highest BCUT2D eigenvalue weighted by Gasteiger charge is 2.11. The van der Waals surface area contributed by atoms with Gasteiger partial charge in [0.25, 0.3) is 0 Å². The second-order valence-electron chi connectivity index (χ2n) is 4.44. The second-order valence-corrected chi connectivity index (χ2v) is 5.32. The number of methoxy groups -OCH3 is 1. The molecule has 2 aromatic carbocycles. The SMILES string of the molecule is COc1cccc2cc[n+](-c3cc(Cl)cc(Cl)c3)cc12. The molecule has 3 rings (SSSR count). The lowest BCUT2D eigenvalue weighted by Crippen LogP contribution is -2.29. The van der Waals surface area contributed by atoms with Gasteiger partial charge in [-0.25, -0.2) is 0 Å². The van der Waals surface area contributed by atoms with Crippen molar-refractivity contribution in [2.75, 3.05) is 7.11 Å².